The predicted molar refractivity (Wildman–Crippen MR) is 63.2 cm³/mol. The summed E-state index contributed by atoms with van der Waals surface area (Å²) in [5.74, 6) is 0.105. The molecule has 0 fully saturated rings. The van der Waals surface area contributed by atoms with Gasteiger partial charge in [-0.25, -0.2) is 0 Å². The summed E-state index contributed by atoms with van der Waals surface area (Å²) in [6, 6.07) is 7.43. The van der Waals surface area contributed by atoms with Gasteiger partial charge >= 0.3 is 0 Å². The quantitative estimate of drug-likeness (QED) is 0.813. The Balaban J connectivity index is 2.51. The van der Waals surface area contributed by atoms with Crippen LogP contribution in [0.3, 0.4) is 0 Å². The highest BCUT2D eigenvalue weighted by atomic mass is 35.5. The van der Waals surface area contributed by atoms with E-state index in [1.807, 2.05) is 18.2 Å². The highest BCUT2D eigenvalue weighted by molar-refractivity contribution is 6.31. The zero-order valence-corrected chi connectivity index (χ0v) is 9.98. The average molecular weight is 246 g/mol. The van der Waals surface area contributed by atoms with Crippen LogP contribution in [-0.4, -0.2) is 11.8 Å². The van der Waals surface area contributed by atoms with Gasteiger partial charge in [0, 0.05) is 23.4 Å². The Labute approximate surface area is 99.6 Å². The smallest absolute Gasteiger partial charge is 0.224 e. The van der Waals surface area contributed by atoms with Crippen LogP contribution >= 0.6 is 23.2 Å². The molecule has 0 aliphatic heterocycles. The third-order valence-electron chi connectivity index (χ3n) is 2.09. The molecule has 1 atom stereocenters. The van der Waals surface area contributed by atoms with E-state index in [1.54, 1.807) is 13.0 Å². The van der Waals surface area contributed by atoms with E-state index in [2.05, 4.69) is 5.32 Å². The van der Waals surface area contributed by atoms with Crippen LogP contribution in [-0.2, 0) is 11.3 Å². The molecule has 82 valence electrons. The zero-order valence-electron chi connectivity index (χ0n) is 8.47. The number of alkyl halides is 1. The molecule has 0 radical (unpaired) electrons. The van der Waals surface area contributed by atoms with Gasteiger partial charge in [0.2, 0.25) is 5.91 Å². The van der Waals surface area contributed by atoms with Crippen molar-refractivity contribution in [3.8, 4) is 0 Å². The number of carbonyl (C=O) groups excluding carboxylic acids is 1. The van der Waals surface area contributed by atoms with Crippen LogP contribution < -0.4 is 5.32 Å². The molecule has 4 heteroatoms. The molecule has 15 heavy (non-hydrogen) atoms. The number of nitrogens with one attached hydrogen (secondary N) is 1. The number of halogens is 2. The lowest BCUT2D eigenvalue weighted by molar-refractivity contribution is -0.124. The number of benzene rings is 1. The fourth-order valence-electron chi connectivity index (χ4n) is 1.07. The molecule has 1 unspecified atom stereocenters. The standard InChI is InChI=1S/C11H13Cl2NO/c1-8(6-12)11(15)14-7-9-4-2-3-5-10(9)13/h2-5,8H,6-7H2,1H3,(H,14,15). The largest absolute Gasteiger partial charge is 0.352 e. The number of amides is 1. The van der Waals surface area contributed by atoms with Gasteiger partial charge in [-0.05, 0) is 11.6 Å². The Morgan fingerprint density at radius 1 is 1.47 bits per heavy atom. The van der Waals surface area contributed by atoms with Gasteiger partial charge in [-0.2, -0.15) is 0 Å². The molecule has 0 aliphatic carbocycles. The van der Waals surface area contributed by atoms with E-state index in [1.165, 1.54) is 0 Å². The SMILES string of the molecule is CC(CCl)C(=O)NCc1ccccc1Cl. The minimum Gasteiger partial charge on any atom is -0.352 e. The van der Waals surface area contributed by atoms with Crippen molar-refractivity contribution in [1.82, 2.24) is 5.32 Å². The topological polar surface area (TPSA) is 29.1 Å². The van der Waals surface area contributed by atoms with E-state index in [-0.39, 0.29) is 11.8 Å². The van der Waals surface area contributed by atoms with Gasteiger partial charge in [0.15, 0.2) is 0 Å². The van der Waals surface area contributed by atoms with Crippen molar-refractivity contribution >= 4 is 29.1 Å². The minimum absolute atomic E-state index is 0.0510. The van der Waals surface area contributed by atoms with Crippen molar-refractivity contribution in [2.75, 3.05) is 5.88 Å². The van der Waals surface area contributed by atoms with Crippen molar-refractivity contribution < 1.29 is 4.79 Å². The Morgan fingerprint density at radius 2 is 2.13 bits per heavy atom. The summed E-state index contributed by atoms with van der Waals surface area (Å²) in [7, 11) is 0. The molecule has 1 rings (SSSR count). The lowest BCUT2D eigenvalue weighted by atomic mass is 10.2. The Kier molecular flexibility index (Phi) is 4.92. The van der Waals surface area contributed by atoms with Crippen LogP contribution in [0.1, 0.15) is 12.5 Å². The van der Waals surface area contributed by atoms with Gasteiger partial charge in [-0.15, -0.1) is 11.6 Å². The fourth-order valence-corrected chi connectivity index (χ4v) is 1.41. The Morgan fingerprint density at radius 3 is 2.73 bits per heavy atom. The predicted octanol–water partition coefficient (Wildman–Crippen LogP) is 2.83. The highest BCUT2D eigenvalue weighted by Gasteiger charge is 2.10. The van der Waals surface area contributed by atoms with Gasteiger partial charge in [0.25, 0.3) is 0 Å². The maximum Gasteiger partial charge on any atom is 0.224 e. The normalized spacial score (nSPS) is 12.2. The van der Waals surface area contributed by atoms with Gasteiger partial charge in [0.05, 0.1) is 0 Å². The lowest BCUT2D eigenvalue weighted by Crippen LogP contribution is -2.29. The summed E-state index contributed by atoms with van der Waals surface area (Å²) in [6.45, 7) is 2.23. The van der Waals surface area contributed by atoms with Crippen molar-refractivity contribution in [1.29, 1.82) is 0 Å². The van der Waals surface area contributed by atoms with E-state index in [0.717, 1.165) is 5.56 Å². The average Bonchev–Trinajstić information content (AvgIpc) is 2.26. The molecule has 0 aromatic heterocycles. The summed E-state index contributed by atoms with van der Waals surface area (Å²) in [5.41, 5.74) is 0.911. The lowest BCUT2D eigenvalue weighted by Gasteiger charge is -2.09. The van der Waals surface area contributed by atoms with E-state index < -0.39 is 0 Å². The zero-order chi connectivity index (χ0) is 11.3. The van der Waals surface area contributed by atoms with Crippen molar-refractivity contribution in [2.24, 2.45) is 5.92 Å². The molecule has 1 amide bonds. The second-order valence-corrected chi connectivity index (χ2v) is 4.08. The summed E-state index contributed by atoms with van der Waals surface area (Å²) in [5, 5.41) is 3.45. The monoisotopic (exact) mass is 245 g/mol. The molecular weight excluding hydrogens is 233 g/mol. The Bertz CT molecular complexity index is 341. The van der Waals surface area contributed by atoms with Crippen molar-refractivity contribution in [3.63, 3.8) is 0 Å². The molecule has 0 heterocycles. The van der Waals surface area contributed by atoms with Gasteiger partial charge in [-0.1, -0.05) is 36.7 Å². The van der Waals surface area contributed by atoms with E-state index in [0.29, 0.717) is 17.4 Å². The first kappa shape index (κ1) is 12.3. The summed E-state index contributed by atoms with van der Waals surface area (Å²) < 4.78 is 0. The molecule has 1 aromatic rings. The molecule has 0 saturated heterocycles. The molecule has 0 saturated carbocycles. The van der Waals surface area contributed by atoms with E-state index in [4.69, 9.17) is 23.2 Å². The minimum atomic E-state index is -0.172. The third-order valence-corrected chi connectivity index (χ3v) is 2.92. The van der Waals surface area contributed by atoms with Crippen molar-refractivity contribution in [2.45, 2.75) is 13.5 Å². The Hall–Kier alpha value is -0.730. The molecule has 0 bridgehead atoms. The van der Waals surface area contributed by atoms with Gasteiger partial charge in [0.1, 0.15) is 0 Å². The van der Waals surface area contributed by atoms with Crippen LogP contribution in [0.5, 0.6) is 0 Å². The molecule has 1 aromatic carbocycles. The van der Waals surface area contributed by atoms with Crippen LogP contribution in [0, 0.1) is 5.92 Å². The number of carbonyl (C=O) groups is 1. The summed E-state index contributed by atoms with van der Waals surface area (Å²) in [4.78, 5) is 11.4. The molecule has 0 aliphatic rings. The highest BCUT2D eigenvalue weighted by Crippen LogP contribution is 2.14. The van der Waals surface area contributed by atoms with E-state index in [9.17, 15) is 4.79 Å². The molecule has 2 nitrogen and oxygen atoms in total. The van der Waals surface area contributed by atoms with Gasteiger partial charge < -0.3 is 5.32 Å². The first-order valence-corrected chi connectivity index (χ1v) is 5.63. The van der Waals surface area contributed by atoms with Crippen LogP contribution in [0.15, 0.2) is 24.3 Å². The first-order valence-electron chi connectivity index (χ1n) is 4.72. The third kappa shape index (κ3) is 3.73. The summed E-state index contributed by atoms with van der Waals surface area (Å²) >= 11 is 11.5. The van der Waals surface area contributed by atoms with Crippen LogP contribution in [0.2, 0.25) is 5.02 Å². The van der Waals surface area contributed by atoms with Gasteiger partial charge in [-0.3, -0.25) is 4.79 Å². The maximum atomic E-state index is 11.4. The van der Waals surface area contributed by atoms with E-state index >= 15 is 0 Å². The molecular formula is C11H13Cl2NO. The number of rotatable bonds is 4. The second kappa shape index (κ2) is 5.99. The fraction of sp³-hybridized carbons (Fsp3) is 0.364. The molecule has 0 spiro atoms. The molecule has 1 N–H and O–H groups in total. The summed E-state index contributed by atoms with van der Waals surface area (Å²) in [6.07, 6.45) is 0. The number of hydrogen-bond donors (Lipinski definition) is 1. The maximum absolute atomic E-state index is 11.4. The number of hydrogen-bond acceptors (Lipinski definition) is 1. The first-order chi connectivity index (χ1) is 7.15. The van der Waals surface area contributed by atoms with Crippen LogP contribution in [0.25, 0.3) is 0 Å². The van der Waals surface area contributed by atoms with Crippen molar-refractivity contribution in [3.05, 3.63) is 34.9 Å². The second-order valence-electron chi connectivity index (χ2n) is 3.36. The van der Waals surface area contributed by atoms with Crippen LogP contribution in [0.4, 0.5) is 0 Å².